The maximum atomic E-state index is 12.7. The molecule has 0 radical (unpaired) electrons. The van der Waals surface area contributed by atoms with Gasteiger partial charge in [0.1, 0.15) is 11.8 Å². The van der Waals surface area contributed by atoms with Crippen molar-refractivity contribution in [3.63, 3.8) is 0 Å². The predicted octanol–water partition coefficient (Wildman–Crippen LogP) is 2.23. The Hall–Kier alpha value is -3.35. The number of rotatable bonds is 8. The Morgan fingerprint density at radius 3 is 2.24 bits per heavy atom. The third-order valence-corrected chi connectivity index (χ3v) is 4.20. The molecule has 3 amide bonds. The molecule has 1 atom stereocenters. The van der Waals surface area contributed by atoms with E-state index < -0.39 is 17.9 Å². The standard InChI is InChI=1S/C22H27N3O4/c1-4-29-18-13-9-8-12-17(18)21(27)23-20(15(2)3)22(28)25-24-19(26)14-16-10-6-5-7-11-16/h5-13,15,20H,4,14H2,1-3H3,(H,23,27)(H,24,26)(H,25,28)/t20-/m0/s1. The number of nitrogens with one attached hydrogen (secondary N) is 3. The smallest absolute Gasteiger partial charge is 0.261 e. The number of benzene rings is 2. The van der Waals surface area contributed by atoms with Crippen molar-refractivity contribution in [1.82, 2.24) is 16.2 Å². The zero-order chi connectivity index (χ0) is 21.2. The first kappa shape index (κ1) is 21.9. The summed E-state index contributed by atoms with van der Waals surface area (Å²) >= 11 is 0. The van der Waals surface area contributed by atoms with Crippen LogP contribution in [0.5, 0.6) is 5.75 Å². The topological polar surface area (TPSA) is 96.5 Å². The molecule has 3 N–H and O–H groups in total. The number of ether oxygens (including phenoxy) is 1. The molecule has 0 bridgehead atoms. The lowest BCUT2D eigenvalue weighted by Gasteiger charge is -2.22. The van der Waals surface area contributed by atoms with Gasteiger partial charge in [0.25, 0.3) is 11.8 Å². The third kappa shape index (κ3) is 6.64. The number of carbonyl (C=O) groups is 3. The van der Waals surface area contributed by atoms with Gasteiger partial charge >= 0.3 is 0 Å². The molecular formula is C22H27N3O4. The number of hydrogen-bond donors (Lipinski definition) is 3. The Morgan fingerprint density at radius 2 is 1.59 bits per heavy atom. The summed E-state index contributed by atoms with van der Waals surface area (Å²) in [7, 11) is 0. The first-order valence-corrected chi connectivity index (χ1v) is 9.57. The lowest BCUT2D eigenvalue weighted by molar-refractivity contribution is -0.130. The quantitative estimate of drug-likeness (QED) is 0.595. The largest absolute Gasteiger partial charge is 0.493 e. The summed E-state index contributed by atoms with van der Waals surface area (Å²) in [5, 5.41) is 2.72. The molecule has 2 aromatic carbocycles. The Labute approximate surface area is 170 Å². The Bertz CT molecular complexity index is 837. The number of hydrogen-bond acceptors (Lipinski definition) is 4. The number of para-hydroxylation sites is 1. The highest BCUT2D eigenvalue weighted by molar-refractivity contribution is 5.99. The van der Waals surface area contributed by atoms with E-state index in [1.807, 2.05) is 51.1 Å². The number of amides is 3. The molecule has 0 unspecified atom stereocenters. The van der Waals surface area contributed by atoms with Crippen molar-refractivity contribution in [2.45, 2.75) is 33.2 Å². The molecule has 7 heteroatoms. The van der Waals surface area contributed by atoms with E-state index in [9.17, 15) is 14.4 Å². The van der Waals surface area contributed by atoms with E-state index in [0.29, 0.717) is 17.9 Å². The van der Waals surface area contributed by atoms with Gasteiger partial charge in [-0.2, -0.15) is 0 Å². The van der Waals surface area contributed by atoms with Gasteiger partial charge < -0.3 is 10.1 Å². The molecule has 0 heterocycles. The van der Waals surface area contributed by atoms with Crippen molar-refractivity contribution in [2.75, 3.05) is 6.61 Å². The van der Waals surface area contributed by atoms with Crippen molar-refractivity contribution >= 4 is 17.7 Å². The van der Waals surface area contributed by atoms with E-state index in [1.54, 1.807) is 24.3 Å². The van der Waals surface area contributed by atoms with E-state index in [0.717, 1.165) is 5.56 Å². The second-order valence-electron chi connectivity index (χ2n) is 6.82. The minimum atomic E-state index is -0.825. The SMILES string of the molecule is CCOc1ccccc1C(=O)N[C@H](C(=O)NNC(=O)Cc1ccccc1)C(C)C. The van der Waals surface area contributed by atoms with Crippen LogP contribution >= 0.6 is 0 Å². The molecule has 0 aliphatic rings. The van der Waals surface area contributed by atoms with Crippen LogP contribution in [0, 0.1) is 5.92 Å². The maximum Gasteiger partial charge on any atom is 0.261 e. The minimum Gasteiger partial charge on any atom is -0.493 e. The van der Waals surface area contributed by atoms with Crippen LogP contribution in [0.1, 0.15) is 36.7 Å². The monoisotopic (exact) mass is 397 g/mol. The van der Waals surface area contributed by atoms with E-state index in [-0.39, 0.29) is 18.2 Å². The lowest BCUT2D eigenvalue weighted by atomic mass is 10.0. The molecule has 0 spiro atoms. The fraction of sp³-hybridized carbons (Fsp3) is 0.318. The van der Waals surface area contributed by atoms with Crippen LogP contribution in [0.25, 0.3) is 0 Å². The lowest BCUT2D eigenvalue weighted by Crippen LogP contribution is -2.54. The molecule has 7 nitrogen and oxygen atoms in total. The Balaban J connectivity index is 1.97. The fourth-order valence-electron chi connectivity index (χ4n) is 2.72. The highest BCUT2D eigenvalue weighted by Gasteiger charge is 2.26. The fourth-order valence-corrected chi connectivity index (χ4v) is 2.72. The van der Waals surface area contributed by atoms with Crippen LogP contribution in [-0.4, -0.2) is 30.4 Å². The second-order valence-corrected chi connectivity index (χ2v) is 6.82. The summed E-state index contributed by atoms with van der Waals surface area (Å²) in [5.74, 6) is -1.00. The summed E-state index contributed by atoms with van der Waals surface area (Å²) in [6.45, 7) is 5.87. The molecular weight excluding hydrogens is 370 g/mol. The van der Waals surface area contributed by atoms with Gasteiger partial charge in [0.15, 0.2) is 0 Å². The molecule has 0 aromatic heterocycles. The van der Waals surface area contributed by atoms with Crippen molar-refractivity contribution < 1.29 is 19.1 Å². The van der Waals surface area contributed by atoms with Gasteiger partial charge in [0.2, 0.25) is 5.91 Å². The molecule has 154 valence electrons. The second kappa shape index (κ2) is 10.8. The molecule has 0 saturated heterocycles. The van der Waals surface area contributed by atoms with Gasteiger partial charge in [-0.25, -0.2) is 0 Å². The Kier molecular flexibility index (Phi) is 8.21. The molecule has 2 aromatic rings. The molecule has 0 aliphatic carbocycles. The molecule has 2 rings (SSSR count). The Morgan fingerprint density at radius 1 is 0.931 bits per heavy atom. The highest BCUT2D eigenvalue weighted by Crippen LogP contribution is 2.18. The van der Waals surface area contributed by atoms with E-state index in [4.69, 9.17) is 4.74 Å². The van der Waals surface area contributed by atoms with Gasteiger partial charge in [0, 0.05) is 0 Å². The van der Waals surface area contributed by atoms with Crippen LogP contribution in [0.4, 0.5) is 0 Å². The zero-order valence-electron chi connectivity index (χ0n) is 16.9. The first-order chi connectivity index (χ1) is 13.9. The van der Waals surface area contributed by atoms with Crippen molar-refractivity contribution in [2.24, 2.45) is 5.92 Å². The van der Waals surface area contributed by atoms with Gasteiger partial charge in [-0.3, -0.25) is 25.2 Å². The molecule has 0 aliphatic heterocycles. The maximum absolute atomic E-state index is 12.7. The van der Waals surface area contributed by atoms with E-state index >= 15 is 0 Å². The van der Waals surface area contributed by atoms with Crippen molar-refractivity contribution in [1.29, 1.82) is 0 Å². The minimum absolute atomic E-state index is 0.140. The summed E-state index contributed by atoms with van der Waals surface area (Å²) in [4.78, 5) is 37.3. The van der Waals surface area contributed by atoms with Crippen LogP contribution in [0.2, 0.25) is 0 Å². The molecule has 0 fully saturated rings. The van der Waals surface area contributed by atoms with Crippen LogP contribution < -0.4 is 20.9 Å². The normalized spacial score (nSPS) is 11.4. The highest BCUT2D eigenvalue weighted by atomic mass is 16.5. The number of hydrazine groups is 1. The van der Waals surface area contributed by atoms with Crippen LogP contribution in [-0.2, 0) is 16.0 Å². The van der Waals surface area contributed by atoms with Gasteiger partial charge in [-0.15, -0.1) is 0 Å². The zero-order valence-corrected chi connectivity index (χ0v) is 16.9. The third-order valence-electron chi connectivity index (χ3n) is 4.20. The van der Waals surface area contributed by atoms with Gasteiger partial charge in [-0.05, 0) is 30.5 Å². The van der Waals surface area contributed by atoms with Gasteiger partial charge in [-0.1, -0.05) is 56.3 Å². The van der Waals surface area contributed by atoms with Crippen molar-refractivity contribution in [3.8, 4) is 5.75 Å². The average Bonchev–Trinajstić information content (AvgIpc) is 2.71. The van der Waals surface area contributed by atoms with Crippen LogP contribution in [0.15, 0.2) is 54.6 Å². The van der Waals surface area contributed by atoms with E-state index in [1.165, 1.54) is 0 Å². The summed E-state index contributed by atoms with van der Waals surface area (Å²) in [5.41, 5.74) is 5.97. The van der Waals surface area contributed by atoms with Crippen molar-refractivity contribution in [3.05, 3.63) is 65.7 Å². The first-order valence-electron chi connectivity index (χ1n) is 9.57. The van der Waals surface area contributed by atoms with Crippen LogP contribution in [0.3, 0.4) is 0 Å². The predicted molar refractivity (Wildman–Crippen MR) is 110 cm³/mol. The van der Waals surface area contributed by atoms with E-state index in [2.05, 4.69) is 16.2 Å². The summed E-state index contributed by atoms with van der Waals surface area (Å²) < 4.78 is 5.48. The molecule has 29 heavy (non-hydrogen) atoms. The number of carbonyl (C=O) groups excluding carboxylic acids is 3. The van der Waals surface area contributed by atoms with Gasteiger partial charge in [0.05, 0.1) is 18.6 Å². The molecule has 0 saturated carbocycles. The average molecular weight is 397 g/mol. The summed E-state index contributed by atoms with van der Waals surface area (Å²) in [6.07, 6.45) is 0.140. The summed E-state index contributed by atoms with van der Waals surface area (Å²) in [6, 6.07) is 15.2.